The molecule has 2 fully saturated rings. The van der Waals surface area contributed by atoms with Gasteiger partial charge in [0.05, 0.1) is 0 Å². The van der Waals surface area contributed by atoms with E-state index in [1.54, 1.807) is 0 Å². The lowest BCUT2D eigenvalue weighted by Gasteiger charge is -2.20. The van der Waals surface area contributed by atoms with Gasteiger partial charge in [-0.2, -0.15) is 0 Å². The standard InChI is InChI=1S/C13H19N3O5/c1-15(8-10(18)19)9(17)4-7-16-11(20)13(14-12(16)21)5-2-3-6-13/h2-8H2,1H3,(H,14,21)(H,18,19). The van der Waals surface area contributed by atoms with Crippen LogP contribution < -0.4 is 5.32 Å². The van der Waals surface area contributed by atoms with Crippen LogP contribution in [0.1, 0.15) is 32.1 Å². The molecule has 1 saturated carbocycles. The topological polar surface area (TPSA) is 107 Å². The van der Waals surface area contributed by atoms with E-state index in [0.717, 1.165) is 22.6 Å². The number of carbonyl (C=O) groups is 4. The molecule has 116 valence electrons. The molecule has 0 radical (unpaired) electrons. The monoisotopic (exact) mass is 297 g/mol. The summed E-state index contributed by atoms with van der Waals surface area (Å²) in [5.41, 5.74) is -0.771. The molecule has 2 aliphatic rings. The smallest absolute Gasteiger partial charge is 0.325 e. The Morgan fingerprint density at radius 2 is 1.95 bits per heavy atom. The van der Waals surface area contributed by atoms with E-state index < -0.39 is 30.0 Å². The molecule has 2 rings (SSSR count). The first-order valence-electron chi connectivity index (χ1n) is 6.95. The average molecular weight is 297 g/mol. The quantitative estimate of drug-likeness (QED) is 0.682. The highest BCUT2D eigenvalue weighted by atomic mass is 16.4. The van der Waals surface area contributed by atoms with Gasteiger partial charge in [-0.15, -0.1) is 0 Å². The average Bonchev–Trinajstić information content (AvgIpc) is 2.95. The molecule has 0 aromatic rings. The number of imide groups is 1. The van der Waals surface area contributed by atoms with E-state index in [1.165, 1.54) is 7.05 Å². The van der Waals surface area contributed by atoms with E-state index in [9.17, 15) is 19.2 Å². The van der Waals surface area contributed by atoms with Gasteiger partial charge in [0, 0.05) is 20.0 Å². The maximum atomic E-state index is 12.3. The number of rotatable bonds is 5. The summed E-state index contributed by atoms with van der Waals surface area (Å²) in [5, 5.41) is 11.3. The minimum absolute atomic E-state index is 0.0186. The molecular formula is C13H19N3O5. The normalized spacial score (nSPS) is 20.0. The number of carboxylic acid groups (broad SMARTS) is 1. The predicted octanol–water partition coefficient (Wildman–Crippen LogP) is -0.216. The highest BCUT2D eigenvalue weighted by Crippen LogP contribution is 2.34. The van der Waals surface area contributed by atoms with Crippen molar-refractivity contribution in [2.45, 2.75) is 37.6 Å². The minimum atomic E-state index is -1.11. The second-order valence-electron chi connectivity index (χ2n) is 5.57. The predicted molar refractivity (Wildman–Crippen MR) is 71.3 cm³/mol. The van der Waals surface area contributed by atoms with Crippen LogP contribution >= 0.6 is 0 Å². The molecule has 0 aromatic heterocycles. The molecule has 1 aliphatic carbocycles. The zero-order chi connectivity index (χ0) is 15.6. The number of amides is 4. The van der Waals surface area contributed by atoms with Gasteiger partial charge < -0.3 is 15.3 Å². The van der Waals surface area contributed by atoms with Crippen molar-refractivity contribution in [1.29, 1.82) is 0 Å². The third-order valence-corrected chi connectivity index (χ3v) is 4.05. The number of urea groups is 1. The number of hydrogen-bond acceptors (Lipinski definition) is 4. The maximum absolute atomic E-state index is 12.3. The second kappa shape index (κ2) is 5.71. The van der Waals surface area contributed by atoms with Crippen LogP contribution in [-0.2, 0) is 14.4 Å². The molecule has 8 heteroatoms. The van der Waals surface area contributed by atoms with Gasteiger partial charge in [0.15, 0.2) is 0 Å². The van der Waals surface area contributed by atoms with Crippen molar-refractivity contribution in [3.05, 3.63) is 0 Å². The lowest BCUT2D eigenvalue weighted by Crippen LogP contribution is -2.44. The Kier molecular flexibility index (Phi) is 4.15. The van der Waals surface area contributed by atoms with Crippen LogP contribution in [0.25, 0.3) is 0 Å². The molecule has 8 nitrogen and oxygen atoms in total. The van der Waals surface area contributed by atoms with Crippen molar-refractivity contribution in [1.82, 2.24) is 15.1 Å². The molecule has 0 atom stereocenters. The second-order valence-corrected chi connectivity index (χ2v) is 5.57. The van der Waals surface area contributed by atoms with E-state index in [1.807, 2.05) is 0 Å². The van der Waals surface area contributed by atoms with Crippen LogP contribution in [0.3, 0.4) is 0 Å². The van der Waals surface area contributed by atoms with Gasteiger partial charge in [0.1, 0.15) is 12.1 Å². The number of carbonyl (C=O) groups excluding carboxylic acids is 3. The summed E-state index contributed by atoms with van der Waals surface area (Å²) in [6.07, 6.45) is 3.02. The summed E-state index contributed by atoms with van der Waals surface area (Å²) in [7, 11) is 1.38. The van der Waals surface area contributed by atoms with E-state index in [4.69, 9.17) is 5.11 Å². The number of hydrogen-bond donors (Lipinski definition) is 2. The summed E-state index contributed by atoms with van der Waals surface area (Å²) in [6.45, 7) is -0.419. The first-order chi connectivity index (χ1) is 9.85. The SMILES string of the molecule is CN(CC(=O)O)C(=O)CCN1C(=O)NC2(CCCC2)C1=O. The molecule has 1 saturated heterocycles. The fraction of sp³-hybridized carbons (Fsp3) is 0.692. The third kappa shape index (κ3) is 2.98. The number of nitrogens with zero attached hydrogens (tertiary/aromatic N) is 2. The number of aliphatic carboxylic acids is 1. The lowest BCUT2D eigenvalue weighted by atomic mass is 9.98. The van der Waals surface area contributed by atoms with Gasteiger partial charge in [0.2, 0.25) is 5.91 Å². The van der Waals surface area contributed by atoms with Crippen LogP contribution in [0.15, 0.2) is 0 Å². The molecule has 0 bridgehead atoms. The van der Waals surface area contributed by atoms with E-state index in [0.29, 0.717) is 12.8 Å². The molecule has 4 amide bonds. The summed E-state index contributed by atoms with van der Waals surface area (Å²) in [5.74, 6) is -1.78. The van der Waals surface area contributed by atoms with Crippen molar-refractivity contribution in [3.63, 3.8) is 0 Å². The molecule has 0 aromatic carbocycles. The zero-order valence-electron chi connectivity index (χ0n) is 11.9. The summed E-state index contributed by atoms with van der Waals surface area (Å²) in [6, 6.07) is -0.462. The van der Waals surface area contributed by atoms with Gasteiger partial charge in [-0.1, -0.05) is 12.8 Å². The fourth-order valence-electron chi connectivity index (χ4n) is 2.89. The molecule has 1 aliphatic heterocycles. The number of carboxylic acids is 1. The van der Waals surface area contributed by atoms with E-state index in [-0.39, 0.29) is 18.9 Å². The summed E-state index contributed by atoms with van der Waals surface area (Å²) < 4.78 is 0. The Labute approximate surface area is 122 Å². The first kappa shape index (κ1) is 15.3. The molecule has 1 spiro atoms. The molecule has 21 heavy (non-hydrogen) atoms. The largest absolute Gasteiger partial charge is 0.480 e. The molecule has 1 heterocycles. The van der Waals surface area contributed by atoms with Crippen molar-refractivity contribution < 1.29 is 24.3 Å². The number of nitrogens with one attached hydrogen (secondary N) is 1. The third-order valence-electron chi connectivity index (χ3n) is 4.05. The number of likely N-dealkylation sites (N-methyl/N-ethyl adjacent to an activating group) is 1. The molecule has 0 unspecified atom stereocenters. The van der Waals surface area contributed by atoms with E-state index >= 15 is 0 Å². The Hall–Kier alpha value is -2.12. The van der Waals surface area contributed by atoms with Crippen molar-refractivity contribution in [2.24, 2.45) is 0 Å². The van der Waals surface area contributed by atoms with Gasteiger partial charge in [-0.05, 0) is 12.8 Å². The summed E-state index contributed by atoms with van der Waals surface area (Å²) in [4.78, 5) is 48.6. The Morgan fingerprint density at radius 3 is 2.52 bits per heavy atom. The highest BCUT2D eigenvalue weighted by molar-refractivity contribution is 6.07. The first-order valence-corrected chi connectivity index (χ1v) is 6.95. The minimum Gasteiger partial charge on any atom is -0.480 e. The van der Waals surface area contributed by atoms with Gasteiger partial charge in [0.25, 0.3) is 5.91 Å². The van der Waals surface area contributed by atoms with E-state index in [2.05, 4.69) is 5.32 Å². The van der Waals surface area contributed by atoms with Gasteiger partial charge in [-0.25, -0.2) is 4.79 Å². The lowest BCUT2D eigenvalue weighted by molar-refractivity contribution is -0.143. The van der Waals surface area contributed by atoms with Crippen LogP contribution in [0.5, 0.6) is 0 Å². The van der Waals surface area contributed by atoms with Crippen LogP contribution in [0, 0.1) is 0 Å². The van der Waals surface area contributed by atoms with Crippen molar-refractivity contribution >= 4 is 23.8 Å². The Bertz CT molecular complexity index is 484. The van der Waals surface area contributed by atoms with Crippen LogP contribution in [-0.4, -0.2) is 64.4 Å². The van der Waals surface area contributed by atoms with Gasteiger partial charge in [-0.3, -0.25) is 19.3 Å². The summed E-state index contributed by atoms with van der Waals surface area (Å²) >= 11 is 0. The van der Waals surface area contributed by atoms with Crippen LogP contribution in [0.4, 0.5) is 4.79 Å². The molecule has 2 N–H and O–H groups in total. The Balaban J connectivity index is 1.91. The van der Waals surface area contributed by atoms with Crippen LogP contribution in [0.2, 0.25) is 0 Å². The molecular weight excluding hydrogens is 278 g/mol. The highest BCUT2D eigenvalue weighted by Gasteiger charge is 2.52. The Morgan fingerprint density at radius 1 is 1.33 bits per heavy atom. The van der Waals surface area contributed by atoms with Crippen molar-refractivity contribution in [2.75, 3.05) is 20.1 Å². The zero-order valence-corrected chi connectivity index (χ0v) is 11.9. The fourth-order valence-corrected chi connectivity index (χ4v) is 2.89. The van der Waals surface area contributed by atoms with Crippen molar-refractivity contribution in [3.8, 4) is 0 Å². The van der Waals surface area contributed by atoms with Gasteiger partial charge >= 0.3 is 12.0 Å². The maximum Gasteiger partial charge on any atom is 0.325 e.